The molecule has 0 spiro atoms. The van der Waals surface area contributed by atoms with Crippen molar-refractivity contribution in [3.05, 3.63) is 71.4 Å². The average Bonchev–Trinajstić information content (AvgIpc) is 3.04. The molecule has 0 N–H and O–H groups in total. The van der Waals surface area contributed by atoms with Gasteiger partial charge < -0.3 is 9.80 Å². The number of amides is 2. The molecule has 126 valence electrons. The number of carbonyl (C=O) groups is 1. The molecule has 0 unspecified atom stereocenters. The lowest BCUT2D eigenvalue weighted by Gasteiger charge is -2.38. The van der Waals surface area contributed by atoms with Gasteiger partial charge in [0.2, 0.25) is 0 Å². The summed E-state index contributed by atoms with van der Waals surface area (Å²) >= 11 is 0. The Labute approximate surface area is 146 Å². The first-order valence-electron chi connectivity index (χ1n) is 8.55. The third kappa shape index (κ3) is 2.93. The van der Waals surface area contributed by atoms with Gasteiger partial charge in [0.1, 0.15) is 5.36 Å². The van der Waals surface area contributed by atoms with Crippen molar-refractivity contribution in [3.63, 3.8) is 0 Å². The van der Waals surface area contributed by atoms with Crippen LogP contribution in [-0.4, -0.2) is 32.2 Å². The summed E-state index contributed by atoms with van der Waals surface area (Å²) in [7, 11) is 0. The van der Waals surface area contributed by atoms with Crippen molar-refractivity contribution in [2.24, 2.45) is 9.98 Å². The fourth-order valence-electron chi connectivity index (χ4n) is 3.54. The first-order valence-corrected chi connectivity index (χ1v) is 8.55. The quantitative estimate of drug-likeness (QED) is 0.806. The largest absolute Gasteiger partial charge is 0.368 e. The number of hydrogen-bond donors (Lipinski definition) is 0. The smallest absolute Gasteiger partial charge is 0.368 e. The lowest BCUT2D eigenvalue weighted by molar-refractivity contribution is 0.256. The van der Waals surface area contributed by atoms with E-state index in [4.69, 9.17) is 0 Å². The number of anilines is 2. The normalized spacial score (nSPS) is 16.2. The van der Waals surface area contributed by atoms with Gasteiger partial charge in [-0.1, -0.05) is 24.3 Å². The Bertz CT molecular complexity index is 928. The Kier molecular flexibility index (Phi) is 4.06. The van der Waals surface area contributed by atoms with Crippen molar-refractivity contribution in [2.45, 2.75) is 6.42 Å². The summed E-state index contributed by atoms with van der Waals surface area (Å²) in [6.45, 7) is 7.66. The molecular weight excluding hydrogens is 312 g/mol. The molecule has 2 aromatic rings. The molecule has 0 aromatic heterocycles. The minimum atomic E-state index is -0.411. The van der Waals surface area contributed by atoms with Crippen molar-refractivity contribution < 1.29 is 4.79 Å². The predicted octanol–water partition coefficient (Wildman–Crippen LogP) is 2.11. The van der Waals surface area contributed by atoms with Gasteiger partial charge >= 0.3 is 6.03 Å². The molecule has 4 rings (SSSR count). The molecule has 25 heavy (non-hydrogen) atoms. The van der Waals surface area contributed by atoms with Crippen molar-refractivity contribution in [1.82, 2.24) is 0 Å². The number of hydrogen-bond acceptors (Lipinski definition) is 3. The maximum Gasteiger partial charge on any atom is 0.368 e. The van der Waals surface area contributed by atoms with Crippen LogP contribution in [0, 0.1) is 0 Å². The summed E-state index contributed by atoms with van der Waals surface area (Å²) in [6, 6.07) is 14.1. The molecule has 1 saturated heterocycles. The van der Waals surface area contributed by atoms with Crippen LogP contribution in [0.5, 0.6) is 0 Å². The van der Waals surface area contributed by atoms with Crippen LogP contribution in [0.25, 0.3) is 0 Å². The fraction of sp³-hybridized carbons (Fsp3) is 0.250. The third-order valence-corrected chi connectivity index (χ3v) is 4.75. The molecule has 0 atom stereocenters. The monoisotopic (exact) mass is 332 g/mol. The molecule has 2 aliphatic rings. The van der Waals surface area contributed by atoms with E-state index in [1.807, 2.05) is 18.2 Å². The molecule has 5 nitrogen and oxygen atoms in total. The second-order valence-corrected chi connectivity index (χ2v) is 6.24. The molecule has 1 fully saturated rings. The first kappa shape index (κ1) is 15.6. The highest BCUT2D eigenvalue weighted by atomic mass is 16.2. The summed E-state index contributed by atoms with van der Waals surface area (Å²) in [5.74, 6) is 0. The third-order valence-electron chi connectivity index (χ3n) is 4.75. The number of para-hydroxylation sites is 1. The highest BCUT2D eigenvalue weighted by Gasteiger charge is 2.21. The number of piperazine rings is 1. The van der Waals surface area contributed by atoms with Gasteiger partial charge in [-0.2, -0.15) is 9.98 Å². The molecule has 2 aliphatic heterocycles. The highest BCUT2D eigenvalue weighted by Crippen LogP contribution is 2.22. The number of benzene rings is 2. The second kappa shape index (κ2) is 6.51. The maximum absolute atomic E-state index is 11.6. The van der Waals surface area contributed by atoms with Gasteiger partial charge in [-0.05, 0) is 30.7 Å². The SMILES string of the molecule is C=CCc1c(N2CCN(c3ccccc3)CC2)ccc2c1=NC(=O)N=2. The molecule has 0 bridgehead atoms. The Morgan fingerprint density at radius 1 is 0.960 bits per heavy atom. The van der Waals surface area contributed by atoms with Gasteiger partial charge in [0.15, 0.2) is 0 Å². The molecule has 0 aliphatic carbocycles. The number of nitrogens with zero attached hydrogens (tertiary/aromatic N) is 4. The number of rotatable bonds is 4. The molecule has 5 heteroatoms. The van der Waals surface area contributed by atoms with E-state index in [1.54, 1.807) is 0 Å². The van der Waals surface area contributed by atoms with E-state index in [0.717, 1.165) is 37.4 Å². The van der Waals surface area contributed by atoms with E-state index in [9.17, 15) is 4.79 Å². The predicted molar refractivity (Wildman–Crippen MR) is 98.9 cm³/mol. The van der Waals surface area contributed by atoms with Crippen LogP contribution in [0.4, 0.5) is 16.2 Å². The summed E-state index contributed by atoms with van der Waals surface area (Å²) in [5, 5.41) is 1.39. The van der Waals surface area contributed by atoms with E-state index >= 15 is 0 Å². The summed E-state index contributed by atoms with van der Waals surface area (Å²) in [4.78, 5) is 24.4. The average molecular weight is 332 g/mol. The molecule has 2 amide bonds. The number of allylic oxidation sites excluding steroid dienone is 1. The maximum atomic E-state index is 11.6. The van der Waals surface area contributed by atoms with Crippen LogP contribution < -0.4 is 20.5 Å². The lowest BCUT2D eigenvalue weighted by atomic mass is 10.1. The van der Waals surface area contributed by atoms with Gasteiger partial charge in [-0.3, -0.25) is 0 Å². The van der Waals surface area contributed by atoms with Crippen molar-refractivity contribution in [2.75, 3.05) is 36.0 Å². The van der Waals surface area contributed by atoms with E-state index in [0.29, 0.717) is 17.1 Å². The molecule has 0 radical (unpaired) electrons. The van der Waals surface area contributed by atoms with Crippen LogP contribution in [-0.2, 0) is 6.42 Å². The summed E-state index contributed by atoms with van der Waals surface area (Å²) in [5.41, 5.74) is 3.46. The topological polar surface area (TPSA) is 48.3 Å². The van der Waals surface area contributed by atoms with E-state index in [1.165, 1.54) is 5.69 Å². The minimum Gasteiger partial charge on any atom is -0.368 e. The van der Waals surface area contributed by atoms with Crippen LogP contribution in [0.1, 0.15) is 5.56 Å². The van der Waals surface area contributed by atoms with Crippen LogP contribution in [0.2, 0.25) is 0 Å². The summed E-state index contributed by atoms with van der Waals surface area (Å²) < 4.78 is 0. The van der Waals surface area contributed by atoms with Gasteiger partial charge in [-0.15, -0.1) is 6.58 Å². The zero-order chi connectivity index (χ0) is 17.2. The van der Waals surface area contributed by atoms with Crippen molar-refractivity contribution >= 4 is 17.4 Å². The highest BCUT2D eigenvalue weighted by molar-refractivity contribution is 5.78. The standard InChI is InChI=1S/C20H20N4O/c1-2-6-16-18(10-9-17-19(16)22-20(25)21-17)24-13-11-23(12-14-24)15-7-4-3-5-8-15/h2-5,7-10H,1,6,11-14H2. The van der Waals surface area contributed by atoms with Gasteiger partial charge in [0.05, 0.1) is 5.36 Å². The fourth-order valence-corrected chi connectivity index (χ4v) is 3.54. The van der Waals surface area contributed by atoms with Gasteiger partial charge in [-0.25, -0.2) is 4.79 Å². The van der Waals surface area contributed by atoms with Gasteiger partial charge in [0.25, 0.3) is 0 Å². The molecule has 0 saturated carbocycles. The van der Waals surface area contributed by atoms with Crippen LogP contribution in [0.3, 0.4) is 0 Å². The van der Waals surface area contributed by atoms with Crippen molar-refractivity contribution in [3.8, 4) is 0 Å². The number of fused-ring (bicyclic) bond motifs is 1. The van der Waals surface area contributed by atoms with Gasteiger partial charge in [0, 0.05) is 43.1 Å². The minimum absolute atomic E-state index is 0.411. The Morgan fingerprint density at radius 3 is 2.40 bits per heavy atom. The van der Waals surface area contributed by atoms with Crippen LogP contribution in [0.15, 0.2) is 65.1 Å². The molecule has 2 aromatic carbocycles. The Balaban J connectivity index is 1.61. The second-order valence-electron chi connectivity index (χ2n) is 6.24. The van der Waals surface area contributed by atoms with E-state index < -0.39 is 6.03 Å². The first-order chi connectivity index (χ1) is 12.3. The zero-order valence-corrected chi connectivity index (χ0v) is 14.1. The summed E-state index contributed by atoms with van der Waals surface area (Å²) in [6.07, 6.45) is 2.54. The Hall–Kier alpha value is -2.95. The number of carbonyl (C=O) groups excluding carboxylic acids is 1. The number of urea groups is 1. The van der Waals surface area contributed by atoms with Crippen LogP contribution >= 0.6 is 0 Å². The molecule has 2 heterocycles. The Morgan fingerprint density at radius 2 is 1.68 bits per heavy atom. The molecular formula is C20H20N4O. The van der Waals surface area contributed by atoms with E-state index in [-0.39, 0.29) is 0 Å². The zero-order valence-electron chi connectivity index (χ0n) is 14.1. The van der Waals surface area contributed by atoms with Crippen molar-refractivity contribution in [1.29, 1.82) is 0 Å². The van der Waals surface area contributed by atoms with E-state index in [2.05, 4.69) is 56.7 Å². The lowest BCUT2D eigenvalue weighted by Crippen LogP contribution is -2.47.